The Bertz CT molecular complexity index is 713. The van der Waals surface area contributed by atoms with Crippen LogP contribution >= 0.6 is 11.3 Å². The van der Waals surface area contributed by atoms with E-state index in [-0.39, 0.29) is 0 Å². The van der Waals surface area contributed by atoms with Crippen LogP contribution in [0.25, 0.3) is 10.7 Å². The van der Waals surface area contributed by atoms with Gasteiger partial charge in [0.25, 0.3) is 0 Å². The smallest absolute Gasteiger partial charge is 0.169 e. The van der Waals surface area contributed by atoms with E-state index in [1.807, 2.05) is 30.9 Å². The Morgan fingerprint density at radius 1 is 1.17 bits per heavy atom. The zero-order valence-electron chi connectivity index (χ0n) is 12.9. The van der Waals surface area contributed by atoms with Crippen LogP contribution in [0.15, 0.2) is 42.3 Å². The molecule has 3 aromatic rings. The van der Waals surface area contributed by atoms with Crippen molar-refractivity contribution in [3.8, 4) is 10.7 Å². The molecule has 0 aromatic carbocycles. The first-order chi connectivity index (χ1) is 11.4. The van der Waals surface area contributed by atoms with Gasteiger partial charge in [0.05, 0.1) is 4.88 Å². The fraction of sp³-hybridized carbons (Fsp3) is 0.353. The Morgan fingerprint density at radius 3 is 2.65 bits per heavy atom. The van der Waals surface area contributed by atoms with Crippen molar-refractivity contribution < 1.29 is 0 Å². The van der Waals surface area contributed by atoms with Crippen LogP contribution in [0.1, 0.15) is 30.1 Å². The highest BCUT2D eigenvalue weighted by Crippen LogP contribution is 2.26. The Labute approximate surface area is 139 Å². The molecule has 0 amide bonds. The number of aromatic nitrogens is 4. The first-order valence-electron chi connectivity index (χ1n) is 7.95. The second kappa shape index (κ2) is 6.60. The molecule has 6 heteroatoms. The Balaban J connectivity index is 1.34. The number of rotatable bonds is 4. The van der Waals surface area contributed by atoms with Gasteiger partial charge >= 0.3 is 0 Å². The first kappa shape index (κ1) is 14.5. The lowest BCUT2D eigenvalue weighted by Gasteiger charge is -2.30. The molecule has 3 aromatic heterocycles. The zero-order valence-corrected chi connectivity index (χ0v) is 13.7. The van der Waals surface area contributed by atoms with Gasteiger partial charge in [-0.3, -0.25) is 4.90 Å². The van der Waals surface area contributed by atoms with Crippen LogP contribution in [0.2, 0.25) is 0 Å². The quantitative estimate of drug-likeness (QED) is 0.799. The number of aromatic amines is 1. The van der Waals surface area contributed by atoms with Crippen LogP contribution in [0.3, 0.4) is 0 Å². The van der Waals surface area contributed by atoms with E-state index in [2.05, 4.69) is 36.3 Å². The monoisotopic (exact) mass is 325 g/mol. The highest BCUT2D eigenvalue weighted by Gasteiger charge is 2.22. The minimum atomic E-state index is 0.568. The van der Waals surface area contributed by atoms with Crippen molar-refractivity contribution in [1.82, 2.24) is 24.8 Å². The molecular formula is C17H19N5S. The van der Waals surface area contributed by atoms with E-state index < -0.39 is 0 Å². The number of imidazole rings is 1. The van der Waals surface area contributed by atoms with Crippen LogP contribution in [0, 0.1) is 0 Å². The molecule has 0 saturated carbocycles. The van der Waals surface area contributed by atoms with Crippen LogP contribution in [0.5, 0.6) is 0 Å². The van der Waals surface area contributed by atoms with Crippen molar-refractivity contribution in [3.05, 3.63) is 53.7 Å². The van der Waals surface area contributed by atoms with Crippen molar-refractivity contribution in [3.63, 3.8) is 0 Å². The van der Waals surface area contributed by atoms with Gasteiger partial charge < -0.3 is 4.98 Å². The summed E-state index contributed by atoms with van der Waals surface area (Å²) in [7, 11) is 0. The van der Waals surface area contributed by atoms with Crippen molar-refractivity contribution in [2.24, 2.45) is 0 Å². The molecule has 1 aliphatic rings. The fourth-order valence-corrected chi connectivity index (χ4v) is 3.76. The molecule has 0 bridgehead atoms. The van der Waals surface area contributed by atoms with Crippen molar-refractivity contribution in [1.29, 1.82) is 0 Å². The molecule has 1 aliphatic heterocycles. The Morgan fingerprint density at radius 2 is 2.00 bits per heavy atom. The van der Waals surface area contributed by atoms with Crippen molar-refractivity contribution >= 4 is 11.3 Å². The maximum atomic E-state index is 4.50. The summed E-state index contributed by atoms with van der Waals surface area (Å²) in [6.45, 7) is 3.12. The Kier molecular flexibility index (Phi) is 4.17. The van der Waals surface area contributed by atoms with Gasteiger partial charge in [0.2, 0.25) is 0 Å². The van der Waals surface area contributed by atoms with E-state index in [0.717, 1.165) is 49.0 Å². The third-order valence-electron chi connectivity index (χ3n) is 4.35. The van der Waals surface area contributed by atoms with Gasteiger partial charge in [-0.05, 0) is 37.4 Å². The summed E-state index contributed by atoms with van der Waals surface area (Å²) in [6.07, 6.45) is 9.98. The van der Waals surface area contributed by atoms with Gasteiger partial charge in [0, 0.05) is 42.8 Å². The number of H-pyrrole nitrogens is 1. The standard InChI is InChI=1S/C17H19N5S/c1-2-15(23-9-1)17-20-10-13(11-21-17)12-22-7-3-14(4-8-22)16-18-5-6-19-16/h1-2,5-6,9-11,14H,3-4,7-8,12H2,(H,18,19). The third kappa shape index (κ3) is 3.33. The number of thiophene rings is 1. The predicted molar refractivity (Wildman–Crippen MR) is 91.2 cm³/mol. The van der Waals surface area contributed by atoms with Gasteiger partial charge in [-0.25, -0.2) is 15.0 Å². The number of piperidine rings is 1. The summed E-state index contributed by atoms with van der Waals surface area (Å²) in [4.78, 5) is 20.2. The van der Waals surface area contributed by atoms with E-state index in [0.29, 0.717) is 5.92 Å². The van der Waals surface area contributed by atoms with Gasteiger partial charge in [0.1, 0.15) is 5.82 Å². The van der Waals surface area contributed by atoms with Gasteiger partial charge in [0.15, 0.2) is 5.82 Å². The molecule has 1 fully saturated rings. The average molecular weight is 325 g/mol. The molecule has 0 radical (unpaired) electrons. The highest BCUT2D eigenvalue weighted by molar-refractivity contribution is 7.13. The lowest BCUT2D eigenvalue weighted by Crippen LogP contribution is -2.32. The number of hydrogen-bond donors (Lipinski definition) is 1. The van der Waals surface area contributed by atoms with E-state index in [1.165, 1.54) is 5.56 Å². The van der Waals surface area contributed by atoms with Gasteiger partial charge in [-0.2, -0.15) is 0 Å². The Hall–Kier alpha value is -2.05. The number of nitrogens with zero attached hydrogens (tertiary/aromatic N) is 4. The molecule has 5 nitrogen and oxygen atoms in total. The van der Waals surface area contributed by atoms with Crippen molar-refractivity contribution in [2.75, 3.05) is 13.1 Å². The summed E-state index contributed by atoms with van der Waals surface area (Å²) in [5, 5.41) is 2.05. The first-order valence-corrected chi connectivity index (χ1v) is 8.83. The van der Waals surface area contributed by atoms with Crippen LogP contribution in [0.4, 0.5) is 0 Å². The van der Waals surface area contributed by atoms with E-state index in [9.17, 15) is 0 Å². The maximum Gasteiger partial charge on any atom is 0.169 e. The molecule has 0 atom stereocenters. The molecule has 0 aliphatic carbocycles. The SMILES string of the molecule is c1csc(-c2ncc(CN3CCC(c4ncc[nH]4)CC3)cn2)c1. The second-order valence-electron chi connectivity index (χ2n) is 5.92. The normalized spacial score (nSPS) is 16.7. The maximum absolute atomic E-state index is 4.50. The van der Waals surface area contributed by atoms with Crippen LogP contribution < -0.4 is 0 Å². The summed E-state index contributed by atoms with van der Waals surface area (Å²) < 4.78 is 0. The van der Waals surface area contributed by atoms with Crippen LogP contribution in [-0.2, 0) is 6.54 Å². The minimum absolute atomic E-state index is 0.568. The molecule has 4 rings (SSSR count). The molecule has 0 unspecified atom stereocenters. The van der Waals surface area contributed by atoms with Crippen molar-refractivity contribution in [2.45, 2.75) is 25.3 Å². The number of nitrogens with one attached hydrogen (secondary N) is 1. The molecular weight excluding hydrogens is 306 g/mol. The number of likely N-dealkylation sites (tertiary alicyclic amines) is 1. The minimum Gasteiger partial charge on any atom is -0.348 e. The summed E-state index contributed by atoms with van der Waals surface area (Å²) in [5.74, 6) is 2.52. The molecule has 23 heavy (non-hydrogen) atoms. The average Bonchev–Trinajstić information content (AvgIpc) is 3.30. The largest absolute Gasteiger partial charge is 0.348 e. The van der Waals surface area contributed by atoms with E-state index in [1.54, 1.807) is 11.3 Å². The fourth-order valence-electron chi connectivity index (χ4n) is 3.09. The molecule has 4 heterocycles. The van der Waals surface area contributed by atoms with Gasteiger partial charge in [-0.15, -0.1) is 11.3 Å². The lowest BCUT2D eigenvalue weighted by atomic mass is 9.96. The van der Waals surface area contributed by atoms with E-state index in [4.69, 9.17) is 0 Å². The summed E-state index contributed by atoms with van der Waals surface area (Å²) in [6, 6.07) is 4.08. The number of hydrogen-bond acceptors (Lipinski definition) is 5. The predicted octanol–water partition coefficient (Wildman–Crippen LogP) is 3.31. The summed E-state index contributed by atoms with van der Waals surface area (Å²) in [5.41, 5.74) is 1.18. The summed E-state index contributed by atoms with van der Waals surface area (Å²) >= 11 is 1.67. The third-order valence-corrected chi connectivity index (χ3v) is 5.21. The lowest BCUT2D eigenvalue weighted by molar-refractivity contribution is 0.201. The zero-order chi connectivity index (χ0) is 15.5. The molecule has 1 saturated heterocycles. The molecule has 118 valence electrons. The second-order valence-corrected chi connectivity index (χ2v) is 6.86. The molecule has 0 spiro atoms. The highest BCUT2D eigenvalue weighted by atomic mass is 32.1. The molecule has 1 N–H and O–H groups in total. The van der Waals surface area contributed by atoms with Crippen LogP contribution in [-0.4, -0.2) is 37.9 Å². The van der Waals surface area contributed by atoms with E-state index >= 15 is 0 Å². The van der Waals surface area contributed by atoms with Gasteiger partial charge in [-0.1, -0.05) is 6.07 Å². The topological polar surface area (TPSA) is 57.7 Å².